The first-order valence-corrected chi connectivity index (χ1v) is 19.3. The molecular formula is C50H29BN4O. The molecule has 14 rings (SSSR count). The standard InChI is InChI=1S/C50H29BN4O/c1-3-15-30(16-4-1)53-40-27-32(52-37-23-11-7-19-33(37)34-20-8-12-24-38(34)52)28-41-46(40)51-47-42(55-39-25-13-9-21-35(39)48(53)50(51)55)29-44-45(36-22-10-14-26-43(36)56-44)49(47)54(41)31-17-5-2-6-18-31/h1-29H. The van der Waals surface area contributed by atoms with Crippen molar-refractivity contribution in [1.29, 1.82) is 0 Å². The Balaban J connectivity index is 1.23. The average Bonchev–Trinajstić information content (AvgIpc) is 4.00. The van der Waals surface area contributed by atoms with Gasteiger partial charge in [0.25, 0.3) is 6.71 Å². The fourth-order valence-corrected chi connectivity index (χ4v) is 10.5. The van der Waals surface area contributed by atoms with E-state index < -0.39 is 0 Å². The summed E-state index contributed by atoms with van der Waals surface area (Å²) in [6.07, 6.45) is 0. The Kier molecular flexibility index (Phi) is 5.28. The molecule has 0 bridgehead atoms. The van der Waals surface area contributed by atoms with E-state index in [1.807, 2.05) is 0 Å². The van der Waals surface area contributed by atoms with Crippen molar-refractivity contribution in [3.8, 4) is 11.4 Å². The smallest absolute Gasteiger partial charge is 0.275 e. The van der Waals surface area contributed by atoms with Crippen LogP contribution in [0.1, 0.15) is 0 Å². The van der Waals surface area contributed by atoms with Crippen LogP contribution in [0.3, 0.4) is 0 Å². The highest BCUT2D eigenvalue weighted by Crippen LogP contribution is 2.53. The predicted octanol–water partition coefficient (Wildman–Crippen LogP) is 11.0. The van der Waals surface area contributed by atoms with Crippen molar-refractivity contribution >= 4 is 112 Å². The number of anilines is 6. The summed E-state index contributed by atoms with van der Waals surface area (Å²) in [5.41, 5.74) is 18.7. The number of aromatic nitrogens is 2. The molecule has 0 N–H and O–H groups in total. The molecule has 6 heterocycles. The Labute approximate surface area is 321 Å². The molecule has 6 heteroatoms. The molecule has 0 saturated carbocycles. The Morgan fingerprint density at radius 2 is 0.893 bits per heavy atom. The van der Waals surface area contributed by atoms with Crippen molar-refractivity contribution in [2.45, 2.75) is 0 Å². The zero-order valence-electron chi connectivity index (χ0n) is 30.0. The van der Waals surface area contributed by atoms with Crippen molar-refractivity contribution < 1.29 is 4.42 Å². The van der Waals surface area contributed by atoms with Gasteiger partial charge in [0.15, 0.2) is 0 Å². The zero-order valence-corrected chi connectivity index (χ0v) is 30.0. The third-order valence-electron chi connectivity index (χ3n) is 12.6. The molecule has 3 aromatic heterocycles. The maximum Gasteiger partial charge on any atom is 0.275 e. The maximum absolute atomic E-state index is 6.81. The predicted molar refractivity (Wildman–Crippen MR) is 232 cm³/mol. The van der Waals surface area contributed by atoms with Crippen LogP contribution in [0.15, 0.2) is 180 Å². The van der Waals surface area contributed by atoms with Gasteiger partial charge in [-0.15, -0.1) is 0 Å². The van der Waals surface area contributed by atoms with E-state index >= 15 is 0 Å². The second kappa shape index (κ2) is 10.2. The fourth-order valence-electron chi connectivity index (χ4n) is 10.5. The minimum atomic E-state index is 0.0117. The number of fused-ring (bicyclic) bond motifs is 11. The lowest BCUT2D eigenvalue weighted by molar-refractivity contribution is 0.669. The largest absolute Gasteiger partial charge is 0.456 e. The molecule has 3 aliphatic rings. The van der Waals surface area contributed by atoms with Crippen LogP contribution < -0.4 is 26.3 Å². The van der Waals surface area contributed by atoms with Gasteiger partial charge in [-0.2, -0.15) is 0 Å². The molecule has 0 aliphatic carbocycles. The quantitative estimate of drug-likeness (QED) is 0.171. The Hall–Kier alpha value is -7.44. The van der Waals surface area contributed by atoms with Gasteiger partial charge in [-0.1, -0.05) is 109 Å². The molecule has 0 unspecified atom stereocenters. The van der Waals surface area contributed by atoms with Crippen molar-refractivity contribution in [2.24, 2.45) is 0 Å². The van der Waals surface area contributed by atoms with Gasteiger partial charge in [0.1, 0.15) is 11.2 Å². The fraction of sp³-hybridized carbons (Fsp3) is 0. The third kappa shape index (κ3) is 3.40. The number of benzene rings is 8. The van der Waals surface area contributed by atoms with Gasteiger partial charge >= 0.3 is 0 Å². The highest BCUT2D eigenvalue weighted by atomic mass is 16.3. The lowest BCUT2D eigenvalue weighted by Gasteiger charge is -2.42. The van der Waals surface area contributed by atoms with Crippen LogP contribution in [-0.4, -0.2) is 15.8 Å². The number of hydrogen-bond donors (Lipinski definition) is 0. The number of nitrogens with zero attached hydrogens (tertiary/aromatic N) is 4. The summed E-state index contributed by atoms with van der Waals surface area (Å²) in [5, 5.41) is 6.02. The minimum Gasteiger partial charge on any atom is -0.456 e. The van der Waals surface area contributed by atoms with Crippen molar-refractivity contribution in [2.75, 3.05) is 9.80 Å². The molecule has 0 saturated heterocycles. The summed E-state index contributed by atoms with van der Waals surface area (Å²) < 4.78 is 11.8. The van der Waals surface area contributed by atoms with Crippen molar-refractivity contribution in [3.63, 3.8) is 0 Å². The first-order chi connectivity index (χ1) is 27.8. The van der Waals surface area contributed by atoms with Crippen LogP contribution in [0.2, 0.25) is 0 Å². The number of rotatable bonds is 3. The minimum absolute atomic E-state index is 0.0117. The highest BCUT2D eigenvalue weighted by Gasteiger charge is 2.52. The maximum atomic E-state index is 6.81. The first-order valence-electron chi connectivity index (χ1n) is 19.3. The number of hydrogen-bond acceptors (Lipinski definition) is 3. The summed E-state index contributed by atoms with van der Waals surface area (Å²) >= 11 is 0. The summed E-state index contributed by atoms with van der Waals surface area (Å²) in [7, 11) is 0. The number of para-hydroxylation sites is 6. The lowest BCUT2D eigenvalue weighted by atomic mass is 9.36. The number of furan rings is 1. The Morgan fingerprint density at radius 1 is 0.375 bits per heavy atom. The summed E-state index contributed by atoms with van der Waals surface area (Å²) in [6.45, 7) is 0.0117. The van der Waals surface area contributed by atoms with Crippen LogP contribution in [0.4, 0.5) is 34.1 Å². The van der Waals surface area contributed by atoms with Gasteiger partial charge in [0.05, 0.1) is 39.0 Å². The molecule has 0 spiro atoms. The average molecular weight is 713 g/mol. The van der Waals surface area contributed by atoms with Crippen LogP contribution >= 0.6 is 0 Å². The van der Waals surface area contributed by atoms with Gasteiger partial charge in [0, 0.05) is 61.6 Å². The zero-order chi connectivity index (χ0) is 36.2. The molecule has 3 aliphatic heterocycles. The van der Waals surface area contributed by atoms with E-state index in [4.69, 9.17) is 4.42 Å². The summed E-state index contributed by atoms with van der Waals surface area (Å²) in [4.78, 5) is 5.08. The van der Waals surface area contributed by atoms with Gasteiger partial charge in [0.2, 0.25) is 0 Å². The molecule has 258 valence electrons. The molecular weight excluding hydrogens is 683 g/mol. The first kappa shape index (κ1) is 29.0. The molecule has 11 aromatic rings. The van der Waals surface area contributed by atoms with Crippen LogP contribution in [0.5, 0.6) is 0 Å². The van der Waals surface area contributed by atoms with Crippen molar-refractivity contribution in [3.05, 3.63) is 176 Å². The van der Waals surface area contributed by atoms with E-state index in [1.54, 1.807) is 0 Å². The van der Waals surface area contributed by atoms with Crippen molar-refractivity contribution in [1.82, 2.24) is 9.13 Å². The van der Waals surface area contributed by atoms with Gasteiger partial charge in [-0.3, -0.25) is 0 Å². The van der Waals surface area contributed by atoms with E-state index in [0.717, 1.165) is 39.0 Å². The molecule has 0 fully saturated rings. The lowest BCUT2D eigenvalue weighted by Crippen LogP contribution is -2.59. The van der Waals surface area contributed by atoms with Gasteiger partial charge in [-0.25, -0.2) is 0 Å². The van der Waals surface area contributed by atoms with Crippen LogP contribution in [-0.2, 0) is 0 Å². The summed E-state index contributed by atoms with van der Waals surface area (Å²) in [6, 6.07) is 64.2. The molecule has 0 atom stereocenters. The molecule has 5 nitrogen and oxygen atoms in total. The van der Waals surface area contributed by atoms with E-state index in [0.29, 0.717) is 0 Å². The molecule has 0 radical (unpaired) electrons. The van der Waals surface area contributed by atoms with Gasteiger partial charge < -0.3 is 23.4 Å². The normalized spacial score (nSPS) is 13.6. The molecule has 8 aromatic carbocycles. The second-order valence-electron chi connectivity index (χ2n) is 15.3. The van der Waals surface area contributed by atoms with Crippen LogP contribution in [0, 0.1) is 0 Å². The third-order valence-corrected chi connectivity index (χ3v) is 12.6. The monoisotopic (exact) mass is 712 g/mol. The Morgan fingerprint density at radius 3 is 1.54 bits per heavy atom. The molecule has 0 amide bonds. The highest BCUT2D eigenvalue weighted by molar-refractivity contribution is 7.02. The summed E-state index contributed by atoms with van der Waals surface area (Å²) in [5.74, 6) is 0. The van der Waals surface area contributed by atoms with E-state index in [9.17, 15) is 0 Å². The van der Waals surface area contributed by atoms with Gasteiger partial charge in [-0.05, 0) is 71.6 Å². The Bertz CT molecular complexity index is 3450. The van der Waals surface area contributed by atoms with E-state index in [-0.39, 0.29) is 6.71 Å². The SMILES string of the molecule is c1ccc(N2c3cc(-n4c5ccccc5c5ccccc54)cc4c3B3c5c(cc6oc7ccccc7c6c5N4c4ccccc4)-n4c3c2c2ccccc24)cc1. The van der Waals surface area contributed by atoms with E-state index in [1.165, 1.54) is 77.7 Å². The molecule has 56 heavy (non-hydrogen) atoms. The topological polar surface area (TPSA) is 29.5 Å². The van der Waals surface area contributed by atoms with E-state index in [2.05, 4.69) is 195 Å². The second-order valence-corrected chi connectivity index (χ2v) is 15.3. The van der Waals surface area contributed by atoms with Crippen LogP contribution in [0.25, 0.3) is 66.0 Å².